The van der Waals surface area contributed by atoms with Crippen LogP contribution in [0.25, 0.3) is 10.9 Å². The Bertz CT molecular complexity index is 1700. The van der Waals surface area contributed by atoms with Crippen molar-refractivity contribution in [3.8, 4) is 0 Å². The van der Waals surface area contributed by atoms with Crippen LogP contribution < -0.4 is 20.9 Å². The van der Waals surface area contributed by atoms with Gasteiger partial charge in [-0.05, 0) is 47.4 Å². The number of nitro groups is 2. The topological polar surface area (TPSA) is 203 Å². The lowest BCUT2D eigenvalue weighted by Crippen LogP contribution is -2.34. The van der Waals surface area contributed by atoms with Crippen LogP contribution in [0.5, 0.6) is 0 Å². The smallest absolute Gasteiger partial charge is 0.358 e. The molecule has 0 aliphatic heterocycles. The lowest BCUT2D eigenvalue weighted by atomic mass is 10.2. The number of non-ortho nitro benzene ring substituents is 1. The molecule has 1 heterocycles. The third-order valence-electron chi connectivity index (χ3n) is 5.02. The summed E-state index contributed by atoms with van der Waals surface area (Å²) in [4.78, 5) is 33.5. The van der Waals surface area contributed by atoms with Gasteiger partial charge in [0, 0.05) is 17.8 Å². The van der Waals surface area contributed by atoms with Crippen molar-refractivity contribution in [3.05, 3.63) is 87.0 Å². The number of nitrogens with one attached hydrogen (secondary N) is 4. The fraction of sp³-hybridized carbons (Fsp3) is 0. The maximum atomic E-state index is 12.8. The van der Waals surface area contributed by atoms with Crippen LogP contribution in [-0.2, 0) is 10.0 Å². The van der Waals surface area contributed by atoms with E-state index in [2.05, 4.69) is 26.0 Å². The number of rotatable bonds is 9. The van der Waals surface area contributed by atoms with E-state index >= 15 is 0 Å². The van der Waals surface area contributed by atoms with Gasteiger partial charge >= 0.3 is 11.8 Å². The second-order valence-corrected chi connectivity index (χ2v) is 9.40. The van der Waals surface area contributed by atoms with Gasteiger partial charge in [0.25, 0.3) is 15.7 Å². The van der Waals surface area contributed by atoms with E-state index in [0.717, 1.165) is 12.1 Å². The number of carbonyl (C=O) groups excluding carboxylic acids is 1. The minimum atomic E-state index is -3.96. The predicted molar refractivity (Wildman–Crippen MR) is 142 cm³/mol. The first-order valence-corrected chi connectivity index (χ1v) is 12.4. The van der Waals surface area contributed by atoms with Gasteiger partial charge in [0.2, 0.25) is 0 Å². The van der Waals surface area contributed by atoms with Crippen molar-refractivity contribution in [1.29, 1.82) is 0 Å². The van der Waals surface area contributed by atoms with Crippen molar-refractivity contribution in [2.24, 2.45) is 0 Å². The molecule has 0 spiro atoms. The molecule has 1 aromatic heterocycles. The van der Waals surface area contributed by atoms with E-state index in [1.54, 1.807) is 12.1 Å². The number of hydrazine groups is 1. The molecule has 3 aromatic carbocycles. The third kappa shape index (κ3) is 5.47. The molecule has 17 heteroatoms. The first kappa shape index (κ1) is 25.9. The quantitative estimate of drug-likeness (QED) is 0.133. The molecule has 4 N–H and O–H groups in total. The second-order valence-electron chi connectivity index (χ2n) is 7.48. The highest BCUT2D eigenvalue weighted by Gasteiger charge is 2.27. The zero-order valence-electron chi connectivity index (χ0n) is 18.9. The number of anilines is 3. The number of carbonyl (C=O) groups is 1. The summed E-state index contributed by atoms with van der Waals surface area (Å²) in [6.07, 6.45) is 0. The molecule has 0 saturated heterocycles. The Kier molecular flexibility index (Phi) is 7.13. The monoisotopic (exact) mass is 556 g/mol. The van der Waals surface area contributed by atoms with Crippen LogP contribution in [0, 0.1) is 20.2 Å². The van der Waals surface area contributed by atoms with E-state index in [0.29, 0.717) is 10.4 Å². The average Bonchev–Trinajstić information content (AvgIpc) is 3.27. The normalized spacial score (nSPS) is 10.9. The molecule has 0 saturated carbocycles. The molecule has 0 atom stereocenters. The summed E-state index contributed by atoms with van der Waals surface area (Å²) < 4.78 is 28.7. The zero-order valence-corrected chi connectivity index (χ0v) is 20.5. The zero-order chi connectivity index (χ0) is 27.4. The van der Waals surface area contributed by atoms with Crippen LogP contribution in [0.2, 0.25) is 0 Å². The molecular weight excluding hydrogens is 540 g/mol. The number of hydrogen-bond acceptors (Lipinski definition) is 10. The van der Waals surface area contributed by atoms with Crippen molar-refractivity contribution in [2.75, 3.05) is 15.5 Å². The van der Waals surface area contributed by atoms with Gasteiger partial charge in [-0.15, -0.1) is 0 Å². The van der Waals surface area contributed by atoms with Crippen LogP contribution in [0.1, 0.15) is 0 Å². The van der Waals surface area contributed by atoms with Crippen LogP contribution in [0.4, 0.5) is 33.4 Å². The summed E-state index contributed by atoms with van der Waals surface area (Å²) in [5.41, 5.74) is 6.59. The van der Waals surface area contributed by atoms with Gasteiger partial charge in [0.1, 0.15) is 10.9 Å². The van der Waals surface area contributed by atoms with E-state index < -0.39 is 37.4 Å². The van der Waals surface area contributed by atoms with Gasteiger partial charge < -0.3 is 15.4 Å². The fourth-order valence-corrected chi connectivity index (χ4v) is 4.60. The van der Waals surface area contributed by atoms with E-state index in [1.807, 2.05) is 0 Å². The summed E-state index contributed by atoms with van der Waals surface area (Å²) in [7, 11) is -3.96. The Hall–Kier alpha value is -5.16. The number of nitrogens with zero attached hydrogens (tertiary/aromatic N) is 4. The van der Waals surface area contributed by atoms with Crippen molar-refractivity contribution in [3.63, 3.8) is 0 Å². The number of fused-ring (bicyclic) bond motifs is 1. The Morgan fingerprint density at radius 3 is 2.37 bits per heavy atom. The molecule has 0 bridgehead atoms. The van der Waals surface area contributed by atoms with Gasteiger partial charge in [0.15, 0.2) is 0 Å². The van der Waals surface area contributed by atoms with Gasteiger partial charge in [-0.1, -0.05) is 29.0 Å². The largest absolute Gasteiger partial charge is 0.398 e. The number of thiocarbonyl (C=S) groups is 1. The Morgan fingerprint density at radius 2 is 1.66 bits per heavy atom. The molecule has 0 fully saturated rings. The van der Waals surface area contributed by atoms with Gasteiger partial charge in [-0.2, -0.15) is 0 Å². The average molecular weight is 557 g/mol. The summed E-state index contributed by atoms with van der Waals surface area (Å²) in [5, 5.41) is 28.6. The predicted octanol–water partition coefficient (Wildman–Crippen LogP) is 3.61. The molecule has 4 rings (SSSR count). The Balaban J connectivity index is 1.52. The maximum absolute atomic E-state index is 12.8. The summed E-state index contributed by atoms with van der Waals surface area (Å²) in [5.74, 6) is -0.736. The fourth-order valence-electron chi connectivity index (χ4n) is 3.37. The molecule has 0 aliphatic carbocycles. The standard InChI is InChI=1S/C21H16N8O7S2/c30-21(27-19-8-7-16(28(31)32)11-18(19)20(25-27)29(33)34)24-23-14-4-1-5-15(9-14)26-38(35,36)17-6-2-3-13(10-17)22-12-37/h1-12,23,26H,(H,22,37)(H,24,30). The number of aromatic nitrogens is 2. The summed E-state index contributed by atoms with van der Waals surface area (Å²) >= 11 is 4.72. The second kappa shape index (κ2) is 10.4. The number of benzene rings is 3. The molecule has 0 radical (unpaired) electrons. The van der Waals surface area contributed by atoms with Gasteiger partial charge in [-0.25, -0.2) is 18.6 Å². The van der Waals surface area contributed by atoms with Crippen LogP contribution in [0.3, 0.4) is 0 Å². The highest BCUT2D eigenvalue weighted by Crippen LogP contribution is 2.28. The van der Waals surface area contributed by atoms with E-state index in [-0.39, 0.29) is 27.2 Å². The molecule has 0 aliphatic rings. The first-order valence-electron chi connectivity index (χ1n) is 10.4. The summed E-state index contributed by atoms with van der Waals surface area (Å²) in [6.45, 7) is 0. The Labute approximate surface area is 218 Å². The van der Waals surface area contributed by atoms with Crippen LogP contribution in [-0.4, -0.2) is 39.6 Å². The molecule has 194 valence electrons. The maximum Gasteiger partial charge on any atom is 0.398 e. The molecule has 38 heavy (non-hydrogen) atoms. The molecular formula is C21H16N8O7S2. The third-order valence-corrected chi connectivity index (χ3v) is 6.52. The number of sulfonamides is 1. The van der Waals surface area contributed by atoms with Crippen molar-refractivity contribution < 1.29 is 23.1 Å². The van der Waals surface area contributed by atoms with Gasteiger partial charge in [-0.3, -0.25) is 20.3 Å². The SMILES string of the molecule is O=C(NNc1cccc(NS(=O)(=O)c2cccc(NC=S)c2)c1)n1nc([N+](=O)[O-])c2cc([N+](=O)[O-])ccc21. The molecule has 1 amide bonds. The summed E-state index contributed by atoms with van der Waals surface area (Å²) in [6, 6.07) is 14.2. The molecule has 4 aromatic rings. The number of nitro benzene ring substituents is 1. The minimum Gasteiger partial charge on any atom is -0.358 e. The Morgan fingerprint density at radius 1 is 0.947 bits per heavy atom. The minimum absolute atomic E-state index is 0.0154. The van der Waals surface area contributed by atoms with E-state index in [4.69, 9.17) is 12.2 Å². The van der Waals surface area contributed by atoms with Crippen LogP contribution in [0.15, 0.2) is 71.6 Å². The lowest BCUT2D eigenvalue weighted by Gasteiger charge is -2.12. The first-order chi connectivity index (χ1) is 18.1. The molecule has 0 unspecified atom stereocenters. The van der Waals surface area contributed by atoms with E-state index in [1.165, 1.54) is 48.0 Å². The van der Waals surface area contributed by atoms with E-state index in [9.17, 15) is 33.4 Å². The van der Waals surface area contributed by atoms with Crippen molar-refractivity contribution >= 4 is 73.2 Å². The highest BCUT2D eigenvalue weighted by molar-refractivity contribution is 7.92. The van der Waals surface area contributed by atoms with Crippen molar-refractivity contribution in [1.82, 2.24) is 15.2 Å². The number of hydrogen-bond donors (Lipinski definition) is 4. The molecule has 15 nitrogen and oxygen atoms in total. The van der Waals surface area contributed by atoms with Crippen LogP contribution >= 0.6 is 12.2 Å². The van der Waals surface area contributed by atoms with Gasteiger partial charge in [0.05, 0.1) is 31.8 Å². The highest BCUT2D eigenvalue weighted by atomic mass is 32.2. The lowest BCUT2D eigenvalue weighted by molar-refractivity contribution is -0.388. The van der Waals surface area contributed by atoms with Crippen molar-refractivity contribution in [2.45, 2.75) is 4.90 Å². The number of amides is 1.